The molecule has 2 N–H and O–H groups in total. The minimum Gasteiger partial charge on any atom is -0.382 e. The fourth-order valence-corrected chi connectivity index (χ4v) is 3.83. The van der Waals surface area contributed by atoms with Crippen molar-refractivity contribution < 1.29 is 4.79 Å². The van der Waals surface area contributed by atoms with Crippen LogP contribution >= 0.6 is 0 Å². The molecule has 1 amide bonds. The first kappa shape index (κ1) is 19.8. The zero-order valence-electron chi connectivity index (χ0n) is 17.2. The Hall–Kier alpha value is -3.47. The number of hydrogen-bond acceptors (Lipinski definition) is 6. The lowest BCUT2D eigenvalue weighted by Crippen LogP contribution is -2.36. The summed E-state index contributed by atoms with van der Waals surface area (Å²) >= 11 is 0. The summed E-state index contributed by atoms with van der Waals surface area (Å²) in [4.78, 5) is 21.8. The summed E-state index contributed by atoms with van der Waals surface area (Å²) < 4.78 is 1.62. The Bertz CT molecular complexity index is 1110. The molecule has 0 spiro atoms. The highest BCUT2D eigenvalue weighted by Gasteiger charge is 2.20. The number of rotatable bonds is 5. The van der Waals surface area contributed by atoms with Crippen LogP contribution in [0.3, 0.4) is 0 Å². The first-order chi connectivity index (χ1) is 14.5. The van der Waals surface area contributed by atoms with E-state index in [-0.39, 0.29) is 18.0 Å². The molecule has 4 rings (SSSR count). The van der Waals surface area contributed by atoms with Crippen molar-refractivity contribution in [1.82, 2.24) is 25.1 Å². The van der Waals surface area contributed by atoms with Gasteiger partial charge in [-0.05, 0) is 32.8 Å². The van der Waals surface area contributed by atoms with E-state index in [1.54, 1.807) is 23.1 Å². The van der Waals surface area contributed by atoms with Gasteiger partial charge in [-0.15, -0.1) is 0 Å². The van der Waals surface area contributed by atoms with E-state index in [0.29, 0.717) is 28.3 Å². The number of carbonyl (C=O) groups excluding carboxylic acids is 1. The van der Waals surface area contributed by atoms with E-state index in [9.17, 15) is 4.79 Å². The Balaban J connectivity index is 1.67. The minimum absolute atomic E-state index is 0.105. The number of amides is 1. The molecule has 0 bridgehead atoms. The van der Waals surface area contributed by atoms with Crippen molar-refractivity contribution in [3.05, 3.63) is 41.9 Å². The minimum atomic E-state index is -0.105. The second-order valence-corrected chi connectivity index (χ2v) is 8.00. The molecule has 0 unspecified atom stereocenters. The zero-order valence-corrected chi connectivity index (χ0v) is 17.2. The van der Waals surface area contributed by atoms with Gasteiger partial charge in [0.2, 0.25) is 0 Å². The van der Waals surface area contributed by atoms with Crippen LogP contribution in [0.4, 0.5) is 5.69 Å². The predicted molar refractivity (Wildman–Crippen MR) is 114 cm³/mol. The number of hydrogen-bond donors (Lipinski definition) is 2. The van der Waals surface area contributed by atoms with Crippen LogP contribution in [0.1, 0.15) is 61.9 Å². The molecular weight excluding hydrogens is 378 g/mol. The van der Waals surface area contributed by atoms with Gasteiger partial charge in [-0.2, -0.15) is 15.0 Å². The largest absolute Gasteiger partial charge is 0.382 e. The van der Waals surface area contributed by atoms with E-state index in [2.05, 4.69) is 31.8 Å². The summed E-state index contributed by atoms with van der Waals surface area (Å²) in [6.07, 6.45) is 10.4. The molecule has 0 atom stereocenters. The topological polar surface area (TPSA) is 109 Å². The molecule has 30 heavy (non-hydrogen) atoms. The number of nitrogens with one attached hydrogen (secondary N) is 2. The number of pyridine rings is 2. The standard InChI is InChI=1S/C22H25N7O/c1-14(2)27-19-9-20(29-21-16(12-26-29)8-15(10-23)11-25-21)24-13-18(19)22(30)28-17-6-4-3-5-7-17/h8-9,11-14,17H,3-7H2,1-2H3,(H,24,27)(H,28,30). The molecule has 1 fully saturated rings. The first-order valence-corrected chi connectivity index (χ1v) is 10.4. The number of aromatic nitrogens is 4. The molecule has 1 saturated carbocycles. The molecule has 154 valence electrons. The second kappa shape index (κ2) is 8.49. The third-order valence-corrected chi connectivity index (χ3v) is 5.27. The molecule has 0 aliphatic heterocycles. The van der Waals surface area contributed by atoms with E-state index < -0.39 is 0 Å². The van der Waals surface area contributed by atoms with Crippen molar-refractivity contribution in [2.45, 2.75) is 58.0 Å². The smallest absolute Gasteiger partial charge is 0.255 e. The predicted octanol–water partition coefficient (Wildman–Crippen LogP) is 3.57. The van der Waals surface area contributed by atoms with E-state index in [1.807, 2.05) is 19.9 Å². The number of fused-ring (bicyclic) bond motifs is 1. The van der Waals surface area contributed by atoms with Crippen molar-refractivity contribution in [2.24, 2.45) is 0 Å². The lowest BCUT2D eigenvalue weighted by molar-refractivity contribution is 0.0928. The number of carbonyl (C=O) groups is 1. The summed E-state index contributed by atoms with van der Waals surface area (Å²) in [6.45, 7) is 4.05. The number of nitriles is 1. The highest BCUT2D eigenvalue weighted by molar-refractivity contribution is 5.99. The van der Waals surface area contributed by atoms with Crippen molar-refractivity contribution in [3.63, 3.8) is 0 Å². The number of nitrogens with zero attached hydrogens (tertiary/aromatic N) is 5. The maximum absolute atomic E-state index is 12.9. The van der Waals surface area contributed by atoms with Crippen LogP contribution in [0.15, 0.2) is 30.7 Å². The van der Waals surface area contributed by atoms with Crippen LogP contribution in [-0.2, 0) is 0 Å². The SMILES string of the molecule is CC(C)Nc1cc(-n2ncc3cc(C#N)cnc32)ncc1C(=O)NC1CCCCC1. The van der Waals surface area contributed by atoms with Crippen molar-refractivity contribution >= 4 is 22.6 Å². The first-order valence-electron chi connectivity index (χ1n) is 10.4. The maximum Gasteiger partial charge on any atom is 0.255 e. The van der Waals surface area contributed by atoms with Crippen molar-refractivity contribution in [1.29, 1.82) is 5.26 Å². The molecule has 0 aromatic carbocycles. The van der Waals surface area contributed by atoms with E-state index >= 15 is 0 Å². The van der Waals surface area contributed by atoms with Crippen LogP contribution < -0.4 is 10.6 Å². The number of anilines is 1. The molecule has 8 heteroatoms. The van der Waals surface area contributed by atoms with E-state index in [1.165, 1.54) is 12.6 Å². The van der Waals surface area contributed by atoms with Crippen molar-refractivity contribution in [2.75, 3.05) is 5.32 Å². The molecule has 3 aromatic rings. The lowest BCUT2D eigenvalue weighted by Gasteiger charge is -2.23. The molecule has 3 heterocycles. The maximum atomic E-state index is 12.9. The highest BCUT2D eigenvalue weighted by Crippen LogP contribution is 2.23. The Kier molecular flexibility index (Phi) is 5.61. The molecule has 0 radical (unpaired) electrons. The second-order valence-electron chi connectivity index (χ2n) is 8.00. The van der Waals surface area contributed by atoms with Crippen LogP contribution in [0.2, 0.25) is 0 Å². The normalized spacial score (nSPS) is 14.6. The van der Waals surface area contributed by atoms with Crippen LogP contribution in [0.5, 0.6) is 0 Å². The van der Waals surface area contributed by atoms with Crippen LogP contribution in [0, 0.1) is 11.3 Å². The van der Waals surface area contributed by atoms with Gasteiger partial charge in [0.05, 0.1) is 23.0 Å². The Morgan fingerprint density at radius 1 is 1.17 bits per heavy atom. The summed E-state index contributed by atoms with van der Waals surface area (Å²) in [5.74, 6) is 0.450. The van der Waals surface area contributed by atoms with Crippen molar-refractivity contribution in [3.8, 4) is 11.9 Å². The third kappa shape index (κ3) is 4.10. The van der Waals surface area contributed by atoms with Gasteiger partial charge in [-0.1, -0.05) is 19.3 Å². The summed E-state index contributed by atoms with van der Waals surface area (Å²) in [6, 6.07) is 6.02. The Morgan fingerprint density at radius 3 is 2.70 bits per heavy atom. The molecule has 1 aliphatic carbocycles. The van der Waals surface area contributed by atoms with Gasteiger partial charge in [0.1, 0.15) is 6.07 Å². The molecule has 3 aromatic heterocycles. The molecular formula is C22H25N7O. The fourth-order valence-electron chi connectivity index (χ4n) is 3.83. The monoisotopic (exact) mass is 403 g/mol. The Labute approximate surface area is 175 Å². The van der Waals surface area contributed by atoms with E-state index in [0.717, 1.165) is 31.1 Å². The molecule has 8 nitrogen and oxygen atoms in total. The molecule has 1 aliphatic rings. The highest BCUT2D eigenvalue weighted by atomic mass is 16.1. The van der Waals surface area contributed by atoms with Gasteiger partial charge in [0.15, 0.2) is 11.5 Å². The summed E-state index contributed by atoms with van der Waals surface area (Å²) in [5.41, 5.74) is 2.32. The third-order valence-electron chi connectivity index (χ3n) is 5.27. The quantitative estimate of drug-likeness (QED) is 0.674. The molecule has 0 saturated heterocycles. The average molecular weight is 403 g/mol. The van der Waals surface area contributed by atoms with Gasteiger partial charge in [0.25, 0.3) is 5.91 Å². The Morgan fingerprint density at radius 2 is 1.97 bits per heavy atom. The lowest BCUT2D eigenvalue weighted by atomic mass is 9.95. The zero-order chi connectivity index (χ0) is 21.1. The van der Waals surface area contributed by atoms with Gasteiger partial charge in [-0.25, -0.2) is 9.97 Å². The van der Waals surface area contributed by atoms with Crippen LogP contribution in [0.25, 0.3) is 16.9 Å². The van der Waals surface area contributed by atoms with Gasteiger partial charge >= 0.3 is 0 Å². The van der Waals surface area contributed by atoms with E-state index in [4.69, 9.17) is 5.26 Å². The van der Waals surface area contributed by atoms with Gasteiger partial charge < -0.3 is 10.6 Å². The van der Waals surface area contributed by atoms with Gasteiger partial charge in [-0.3, -0.25) is 4.79 Å². The summed E-state index contributed by atoms with van der Waals surface area (Å²) in [7, 11) is 0. The van der Waals surface area contributed by atoms with Gasteiger partial charge in [0, 0.05) is 35.9 Å². The average Bonchev–Trinajstić information content (AvgIpc) is 3.17. The summed E-state index contributed by atoms with van der Waals surface area (Å²) in [5, 5.41) is 20.7. The fraction of sp³-hybridized carbons (Fsp3) is 0.409. The van der Waals surface area contributed by atoms with Crippen LogP contribution in [-0.4, -0.2) is 37.7 Å².